The van der Waals surface area contributed by atoms with Crippen LogP contribution in [0.5, 0.6) is 11.5 Å². The monoisotopic (exact) mass is 370 g/mol. The van der Waals surface area contributed by atoms with Gasteiger partial charge >= 0.3 is 12.2 Å². The lowest BCUT2D eigenvalue weighted by Crippen LogP contribution is -2.31. The molecule has 1 aliphatic rings. The Morgan fingerprint density at radius 2 is 1.88 bits per heavy atom. The molecule has 9 heteroatoms. The van der Waals surface area contributed by atoms with Gasteiger partial charge in [0.2, 0.25) is 6.79 Å². The van der Waals surface area contributed by atoms with E-state index in [-0.39, 0.29) is 19.0 Å². The Kier molecular flexibility index (Phi) is 4.62. The van der Waals surface area contributed by atoms with Crippen LogP contribution in [0.1, 0.15) is 11.1 Å². The number of amides is 2. The van der Waals surface area contributed by atoms with Crippen LogP contribution < -0.4 is 14.8 Å². The summed E-state index contributed by atoms with van der Waals surface area (Å²) in [5.74, 6) is -0.235. The van der Waals surface area contributed by atoms with Gasteiger partial charge in [-0.3, -0.25) is 0 Å². The summed E-state index contributed by atoms with van der Waals surface area (Å²) in [5, 5.41) is 2.32. The van der Waals surface area contributed by atoms with Crippen LogP contribution in [0.3, 0.4) is 0 Å². The maximum Gasteiger partial charge on any atom is 0.419 e. The summed E-state index contributed by atoms with van der Waals surface area (Å²) >= 11 is 0. The van der Waals surface area contributed by atoms with E-state index in [0.717, 1.165) is 11.6 Å². The zero-order chi connectivity index (χ0) is 18.9. The molecule has 0 saturated carbocycles. The summed E-state index contributed by atoms with van der Waals surface area (Å²) < 4.78 is 61.9. The van der Waals surface area contributed by atoms with E-state index in [1.807, 2.05) is 0 Å². The Morgan fingerprint density at radius 1 is 1.15 bits per heavy atom. The molecule has 0 fully saturated rings. The van der Waals surface area contributed by atoms with Crippen LogP contribution in [0, 0.1) is 5.82 Å². The number of benzene rings is 2. The van der Waals surface area contributed by atoms with Gasteiger partial charge in [0, 0.05) is 19.3 Å². The maximum atomic E-state index is 13.3. The molecule has 2 aromatic rings. The van der Waals surface area contributed by atoms with Crippen molar-refractivity contribution in [3.8, 4) is 11.5 Å². The minimum Gasteiger partial charge on any atom is -0.454 e. The molecule has 0 bridgehead atoms. The smallest absolute Gasteiger partial charge is 0.419 e. The second kappa shape index (κ2) is 6.74. The molecular formula is C17H14F4N2O3. The molecule has 1 N–H and O–H groups in total. The third-order valence-corrected chi connectivity index (χ3v) is 3.73. The maximum absolute atomic E-state index is 13.3. The van der Waals surface area contributed by atoms with Crippen molar-refractivity contribution < 1.29 is 31.8 Å². The number of urea groups is 1. The summed E-state index contributed by atoms with van der Waals surface area (Å²) in [5.41, 5.74) is -0.836. The van der Waals surface area contributed by atoms with Crippen LogP contribution in [0.2, 0.25) is 0 Å². The highest BCUT2D eigenvalue weighted by atomic mass is 19.4. The van der Waals surface area contributed by atoms with E-state index >= 15 is 0 Å². The summed E-state index contributed by atoms with van der Waals surface area (Å²) in [4.78, 5) is 13.5. The third-order valence-electron chi connectivity index (χ3n) is 3.73. The second-order valence-corrected chi connectivity index (χ2v) is 5.67. The minimum absolute atomic E-state index is 0.126. The van der Waals surface area contributed by atoms with Crippen LogP contribution in [-0.2, 0) is 12.7 Å². The Balaban J connectivity index is 1.68. The molecule has 2 amide bonds. The van der Waals surface area contributed by atoms with Crippen molar-refractivity contribution in [1.82, 2.24) is 4.90 Å². The number of nitrogens with one attached hydrogen (secondary N) is 1. The predicted molar refractivity (Wildman–Crippen MR) is 84.5 cm³/mol. The van der Waals surface area contributed by atoms with Crippen molar-refractivity contribution in [2.24, 2.45) is 0 Å². The van der Waals surface area contributed by atoms with Crippen LogP contribution in [-0.4, -0.2) is 24.8 Å². The third kappa shape index (κ3) is 3.81. The standard InChI is InChI=1S/C17H14F4N2O3/c1-23(8-10-2-5-14-15(6-10)26-9-25-14)16(24)22-11-3-4-13(18)12(7-11)17(19,20)21/h2-7H,8-9H2,1H3,(H,22,24). The normalized spacial score (nSPS) is 12.8. The highest BCUT2D eigenvalue weighted by molar-refractivity contribution is 5.89. The molecule has 0 unspecified atom stereocenters. The molecule has 0 atom stereocenters. The van der Waals surface area contributed by atoms with Crippen molar-refractivity contribution in [2.75, 3.05) is 19.2 Å². The first kappa shape index (κ1) is 17.8. The number of fused-ring (bicyclic) bond motifs is 1. The van der Waals surface area contributed by atoms with Crippen LogP contribution >= 0.6 is 0 Å². The van der Waals surface area contributed by atoms with E-state index in [0.29, 0.717) is 23.6 Å². The molecule has 0 radical (unpaired) electrons. The molecule has 5 nitrogen and oxygen atoms in total. The highest BCUT2D eigenvalue weighted by Crippen LogP contribution is 2.34. The summed E-state index contributed by atoms with van der Waals surface area (Å²) in [6.07, 6.45) is -4.84. The lowest BCUT2D eigenvalue weighted by molar-refractivity contribution is -0.139. The molecule has 3 rings (SSSR count). The van der Waals surface area contributed by atoms with Gasteiger partial charge in [0.15, 0.2) is 11.5 Å². The first-order valence-corrected chi connectivity index (χ1v) is 7.51. The van der Waals surface area contributed by atoms with Gasteiger partial charge in [0.1, 0.15) is 5.82 Å². The quantitative estimate of drug-likeness (QED) is 0.823. The lowest BCUT2D eigenvalue weighted by atomic mass is 10.2. The van der Waals surface area contributed by atoms with Crippen LogP contribution in [0.15, 0.2) is 36.4 Å². The van der Waals surface area contributed by atoms with Crippen LogP contribution in [0.25, 0.3) is 0 Å². The summed E-state index contributed by atoms with van der Waals surface area (Å²) in [7, 11) is 1.48. The first-order chi connectivity index (χ1) is 12.2. The Bertz CT molecular complexity index is 839. The number of ether oxygens (including phenoxy) is 2. The fourth-order valence-electron chi connectivity index (χ4n) is 2.42. The van der Waals surface area contributed by atoms with Gasteiger partial charge in [0.05, 0.1) is 5.56 Å². The Hall–Kier alpha value is -2.97. The number of carbonyl (C=O) groups is 1. The molecule has 1 heterocycles. The summed E-state index contributed by atoms with van der Waals surface area (Å²) in [6, 6.07) is 6.82. The Labute approximate surface area is 146 Å². The van der Waals surface area contributed by atoms with E-state index < -0.39 is 23.6 Å². The fraction of sp³-hybridized carbons (Fsp3) is 0.235. The van der Waals surface area contributed by atoms with Gasteiger partial charge in [0.25, 0.3) is 0 Å². The molecule has 1 aliphatic heterocycles. The first-order valence-electron chi connectivity index (χ1n) is 7.51. The molecule has 26 heavy (non-hydrogen) atoms. The zero-order valence-electron chi connectivity index (χ0n) is 13.6. The molecule has 0 saturated heterocycles. The van der Waals surface area contributed by atoms with Crippen molar-refractivity contribution in [2.45, 2.75) is 12.7 Å². The number of carbonyl (C=O) groups excluding carboxylic acids is 1. The lowest BCUT2D eigenvalue weighted by Gasteiger charge is -2.19. The van der Waals surface area contributed by atoms with E-state index in [4.69, 9.17) is 9.47 Å². The number of nitrogens with zero attached hydrogens (tertiary/aromatic N) is 1. The fourth-order valence-corrected chi connectivity index (χ4v) is 2.42. The number of alkyl halides is 3. The van der Waals surface area contributed by atoms with Crippen LogP contribution in [0.4, 0.5) is 28.0 Å². The van der Waals surface area contributed by atoms with Gasteiger partial charge in [-0.15, -0.1) is 0 Å². The van der Waals surface area contributed by atoms with Crippen molar-refractivity contribution in [3.63, 3.8) is 0 Å². The molecule has 138 valence electrons. The van der Waals surface area contributed by atoms with E-state index in [9.17, 15) is 22.4 Å². The van der Waals surface area contributed by atoms with E-state index in [1.54, 1.807) is 18.2 Å². The molecule has 2 aromatic carbocycles. The second-order valence-electron chi connectivity index (χ2n) is 5.67. The summed E-state index contributed by atoms with van der Waals surface area (Å²) in [6.45, 7) is 0.316. The topological polar surface area (TPSA) is 50.8 Å². The molecule has 0 aromatic heterocycles. The molecule has 0 spiro atoms. The van der Waals surface area contributed by atoms with Crippen molar-refractivity contribution in [3.05, 3.63) is 53.3 Å². The minimum atomic E-state index is -4.84. The Morgan fingerprint density at radius 3 is 2.62 bits per heavy atom. The molecule has 0 aliphatic carbocycles. The number of rotatable bonds is 3. The number of halogens is 4. The van der Waals surface area contributed by atoms with Gasteiger partial charge in [-0.2, -0.15) is 13.2 Å². The van der Waals surface area contributed by atoms with Gasteiger partial charge in [-0.1, -0.05) is 6.07 Å². The average Bonchev–Trinajstić information content (AvgIpc) is 3.03. The largest absolute Gasteiger partial charge is 0.454 e. The number of anilines is 1. The van der Waals surface area contributed by atoms with Crippen molar-refractivity contribution >= 4 is 11.7 Å². The van der Waals surface area contributed by atoms with Crippen molar-refractivity contribution in [1.29, 1.82) is 0 Å². The average molecular weight is 370 g/mol. The van der Waals surface area contributed by atoms with Gasteiger partial charge < -0.3 is 19.7 Å². The SMILES string of the molecule is CN(Cc1ccc2c(c1)OCO2)C(=O)Nc1ccc(F)c(C(F)(F)F)c1. The van der Waals surface area contributed by atoms with Gasteiger partial charge in [-0.05, 0) is 35.9 Å². The number of hydrogen-bond donors (Lipinski definition) is 1. The van der Waals surface area contributed by atoms with Gasteiger partial charge in [-0.25, -0.2) is 9.18 Å². The highest BCUT2D eigenvalue weighted by Gasteiger charge is 2.34. The molecular weight excluding hydrogens is 356 g/mol. The number of hydrogen-bond acceptors (Lipinski definition) is 3. The van der Waals surface area contributed by atoms with E-state index in [2.05, 4.69) is 5.32 Å². The van der Waals surface area contributed by atoms with E-state index in [1.165, 1.54) is 11.9 Å². The zero-order valence-corrected chi connectivity index (χ0v) is 13.6. The predicted octanol–water partition coefficient (Wildman–Crippen LogP) is 4.24.